The summed E-state index contributed by atoms with van der Waals surface area (Å²) < 4.78 is 2.11. The molecule has 1 aromatic heterocycles. The van der Waals surface area contributed by atoms with Crippen molar-refractivity contribution >= 4 is 33.2 Å². The SMILES string of the molecule is Nc1cccc(Nn2c3ccccc3c3ccccc32)c1. The van der Waals surface area contributed by atoms with Crippen LogP contribution in [-0.4, -0.2) is 4.68 Å². The van der Waals surface area contributed by atoms with Gasteiger partial charge in [-0.2, -0.15) is 0 Å². The lowest BCUT2D eigenvalue weighted by Gasteiger charge is -2.11. The maximum atomic E-state index is 5.86. The maximum absolute atomic E-state index is 5.86. The largest absolute Gasteiger partial charge is 0.399 e. The topological polar surface area (TPSA) is 43.0 Å². The summed E-state index contributed by atoms with van der Waals surface area (Å²) in [7, 11) is 0. The highest BCUT2D eigenvalue weighted by Crippen LogP contribution is 2.28. The zero-order valence-electron chi connectivity index (χ0n) is 11.5. The smallest absolute Gasteiger partial charge is 0.0709 e. The number of nitrogens with zero attached hydrogens (tertiary/aromatic N) is 1. The van der Waals surface area contributed by atoms with Gasteiger partial charge in [-0.15, -0.1) is 0 Å². The van der Waals surface area contributed by atoms with Gasteiger partial charge in [-0.05, 0) is 30.3 Å². The van der Waals surface area contributed by atoms with Crippen molar-refractivity contribution in [1.29, 1.82) is 0 Å². The second-order valence-corrected chi connectivity index (χ2v) is 5.11. The molecule has 0 fully saturated rings. The number of hydrogen-bond donors (Lipinski definition) is 2. The Morgan fingerprint density at radius 2 is 1.33 bits per heavy atom. The highest BCUT2D eigenvalue weighted by Gasteiger charge is 2.09. The average molecular weight is 273 g/mol. The third-order valence-electron chi connectivity index (χ3n) is 3.71. The molecule has 0 aliphatic rings. The van der Waals surface area contributed by atoms with E-state index in [0.29, 0.717) is 0 Å². The van der Waals surface area contributed by atoms with Crippen LogP contribution in [-0.2, 0) is 0 Å². The molecule has 1 heterocycles. The summed E-state index contributed by atoms with van der Waals surface area (Å²) in [5, 5.41) is 2.48. The number of nitrogens with one attached hydrogen (secondary N) is 1. The van der Waals surface area contributed by atoms with Crippen LogP contribution in [0.1, 0.15) is 0 Å². The molecular formula is C18H15N3. The first kappa shape index (κ1) is 11.9. The van der Waals surface area contributed by atoms with E-state index >= 15 is 0 Å². The predicted octanol–water partition coefficient (Wildman–Crippen LogP) is 4.25. The Labute approximate surface area is 122 Å². The number of para-hydroxylation sites is 2. The number of aromatic nitrogens is 1. The lowest BCUT2D eigenvalue weighted by molar-refractivity contribution is 1.06. The van der Waals surface area contributed by atoms with Gasteiger partial charge < -0.3 is 5.73 Å². The van der Waals surface area contributed by atoms with Gasteiger partial charge in [0.15, 0.2) is 0 Å². The van der Waals surface area contributed by atoms with Gasteiger partial charge in [0.25, 0.3) is 0 Å². The Balaban J connectivity index is 1.97. The number of nitrogens with two attached hydrogens (primary N) is 1. The Kier molecular flexibility index (Phi) is 2.57. The van der Waals surface area contributed by atoms with Gasteiger partial charge in [0, 0.05) is 16.5 Å². The third-order valence-corrected chi connectivity index (χ3v) is 3.71. The molecule has 3 N–H and O–H groups in total. The summed E-state index contributed by atoms with van der Waals surface area (Å²) in [6.45, 7) is 0. The minimum Gasteiger partial charge on any atom is -0.399 e. The Morgan fingerprint density at radius 1 is 0.714 bits per heavy atom. The van der Waals surface area contributed by atoms with E-state index in [9.17, 15) is 0 Å². The second-order valence-electron chi connectivity index (χ2n) is 5.11. The van der Waals surface area contributed by atoms with E-state index in [0.717, 1.165) is 22.4 Å². The molecule has 0 saturated heterocycles. The number of hydrogen-bond acceptors (Lipinski definition) is 2. The summed E-state index contributed by atoms with van der Waals surface area (Å²) >= 11 is 0. The summed E-state index contributed by atoms with van der Waals surface area (Å²) in [5.41, 5.74) is 13.3. The molecule has 0 aliphatic heterocycles. The molecule has 0 spiro atoms. The zero-order valence-corrected chi connectivity index (χ0v) is 11.5. The highest BCUT2D eigenvalue weighted by molar-refractivity contribution is 6.08. The Bertz CT molecular complexity index is 884. The molecule has 3 nitrogen and oxygen atoms in total. The molecule has 3 aromatic carbocycles. The van der Waals surface area contributed by atoms with Crippen LogP contribution < -0.4 is 11.2 Å². The molecule has 4 aromatic rings. The van der Waals surface area contributed by atoms with E-state index in [1.165, 1.54) is 10.8 Å². The fourth-order valence-corrected chi connectivity index (χ4v) is 2.78. The van der Waals surface area contributed by atoms with Crippen LogP contribution in [0.25, 0.3) is 21.8 Å². The fraction of sp³-hybridized carbons (Fsp3) is 0. The number of rotatable bonds is 2. The van der Waals surface area contributed by atoms with Crippen molar-refractivity contribution in [2.45, 2.75) is 0 Å². The van der Waals surface area contributed by atoms with Crippen LogP contribution in [0.5, 0.6) is 0 Å². The molecule has 0 amide bonds. The molecular weight excluding hydrogens is 258 g/mol. The van der Waals surface area contributed by atoms with Gasteiger partial charge in [-0.3, -0.25) is 10.1 Å². The molecule has 0 atom stereocenters. The second kappa shape index (κ2) is 4.56. The summed E-state index contributed by atoms with van der Waals surface area (Å²) in [4.78, 5) is 0. The summed E-state index contributed by atoms with van der Waals surface area (Å²) in [5.74, 6) is 0. The normalized spacial score (nSPS) is 11.0. The highest BCUT2D eigenvalue weighted by atomic mass is 15.4. The lowest BCUT2D eigenvalue weighted by Crippen LogP contribution is -2.08. The van der Waals surface area contributed by atoms with E-state index in [4.69, 9.17) is 5.73 Å². The first-order valence-electron chi connectivity index (χ1n) is 6.94. The molecule has 0 bridgehead atoms. The minimum atomic E-state index is 0.751. The van der Waals surface area contributed by atoms with Crippen LogP contribution in [0, 0.1) is 0 Å². The summed E-state index contributed by atoms with van der Waals surface area (Å²) in [6.07, 6.45) is 0. The molecule has 4 rings (SSSR count). The van der Waals surface area contributed by atoms with Crippen LogP contribution in [0.3, 0.4) is 0 Å². The van der Waals surface area contributed by atoms with Crippen molar-refractivity contribution in [3.8, 4) is 0 Å². The van der Waals surface area contributed by atoms with E-state index in [1.54, 1.807) is 0 Å². The molecule has 102 valence electrons. The van der Waals surface area contributed by atoms with Crippen molar-refractivity contribution < 1.29 is 0 Å². The van der Waals surface area contributed by atoms with Crippen LogP contribution in [0.2, 0.25) is 0 Å². The van der Waals surface area contributed by atoms with Crippen molar-refractivity contribution in [1.82, 2.24) is 4.68 Å². The Hall–Kier alpha value is -2.94. The van der Waals surface area contributed by atoms with Gasteiger partial charge in [0.2, 0.25) is 0 Å². The zero-order chi connectivity index (χ0) is 14.2. The first-order chi connectivity index (χ1) is 10.3. The van der Waals surface area contributed by atoms with Gasteiger partial charge in [-0.1, -0.05) is 42.5 Å². The number of benzene rings is 3. The molecule has 0 saturated carbocycles. The van der Waals surface area contributed by atoms with Crippen LogP contribution in [0.15, 0.2) is 72.8 Å². The van der Waals surface area contributed by atoms with Gasteiger partial charge >= 0.3 is 0 Å². The van der Waals surface area contributed by atoms with E-state index in [-0.39, 0.29) is 0 Å². The molecule has 21 heavy (non-hydrogen) atoms. The van der Waals surface area contributed by atoms with E-state index in [1.807, 2.05) is 24.3 Å². The Morgan fingerprint density at radius 3 is 1.95 bits per heavy atom. The molecule has 0 unspecified atom stereocenters. The van der Waals surface area contributed by atoms with E-state index < -0.39 is 0 Å². The quantitative estimate of drug-likeness (QED) is 0.536. The van der Waals surface area contributed by atoms with Crippen molar-refractivity contribution in [2.24, 2.45) is 0 Å². The minimum absolute atomic E-state index is 0.751. The number of anilines is 2. The standard InChI is InChI=1S/C18H15N3/c19-13-6-5-7-14(12-13)20-21-17-10-3-1-8-15(17)16-9-2-4-11-18(16)21/h1-12,20H,19H2. The molecule has 3 heteroatoms. The van der Waals surface area contributed by atoms with E-state index in [2.05, 4.69) is 58.6 Å². The van der Waals surface area contributed by atoms with Gasteiger partial charge in [0.05, 0.1) is 16.7 Å². The maximum Gasteiger partial charge on any atom is 0.0709 e. The van der Waals surface area contributed by atoms with Crippen molar-refractivity contribution in [2.75, 3.05) is 11.2 Å². The molecule has 0 aliphatic carbocycles. The van der Waals surface area contributed by atoms with Crippen molar-refractivity contribution in [3.05, 3.63) is 72.8 Å². The number of fused-ring (bicyclic) bond motifs is 3. The third kappa shape index (κ3) is 1.91. The van der Waals surface area contributed by atoms with Gasteiger partial charge in [0.1, 0.15) is 0 Å². The molecule has 0 radical (unpaired) electrons. The number of nitrogen functional groups attached to an aromatic ring is 1. The monoisotopic (exact) mass is 273 g/mol. The van der Waals surface area contributed by atoms with Gasteiger partial charge in [-0.25, -0.2) is 0 Å². The average Bonchev–Trinajstić information content (AvgIpc) is 2.83. The van der Waals surface area contributed by atoms with Crippen LogP contribution >= 0.6 is 0 Å². The predicted molar refractivity (Wildman–Crippen MR) is 89.3 cm³/mol. The summed E-state index contributed by atoms with van der Waals surface area (Å²) in [6, 6.07) is 24.6. The van der Waals surface area contributed by atoms with Crippen molar-refractivity contribution in [3.63, 3.8) is 0 Å². The first-order valence-corrected chi connectivity index (χ1v) is 6.94. The lowest BCUT2D eigenvalue weighted by atomic mass is 10.2. The van der Waals surface area contributed by atoms with Crippen LogP contribution in [0.4, 0.5) is 11.4 Å². The fourth-order valence-electron chi connectivity index (χ4n) is 2.78.